The fraction of sp³-hybridized carbons (Fsp3) is 0.421. The first-order chi connectivity index (χ1) is 11.7. The summed E-state index contributed by atoms with van der Waals surface area (Å²) in [5, 5.41) is 6.74. The molecule has 2 rings (SSSR count). The van der Waals surface area contributed by atoms with Gasteiger partial charge in [-0.05, 0) is 44.6 Å². The average Bonchev–Trinajstić information content (AvgIpc) is 3.12. The summed E-state index contributed by atoms with van der Waals surface area (Å²) >= 11 is 0. The molecule has 2 aromatic rings. The second kappa shape index (κ2) is 11.9. The summed E-state index contributed by atoms with van der Waals surface area (Å²) in [6.45, 7) is 1.63. The molecule has 1 aromatic heterocycles. The Morgan fingerprint density at radius 2 is 1.88 bits per heavy atom. The summed E-state index contributed by atoms with van der Waals surface area (Å²) < 4.78 is 5.53. The molecule has 0 aliphatic carbocycles. The first-order valence-electron chi connectivity index (χ1n) is 8.39. The molecule has 1 aromatic carbocycles. The number of aryl methyl sites for hydroxylation is 1. The van der Waals surface area contributed by atoms with Gasteiger partial charge in [0.05, 0.1) is 12.3 Å². The fourth-order valence-corrected chi connectivity index (χ4v) is 2.58. The van der Waals surface area contributed by atoms with Crippen molar-refractivity contribution >= 4 is 29.9 Å². The molecule has 0 bridgehead atoms. The number of hydrogen-bond acceptors (Lipinski definition) is 3. The van der Waals surface area contributed by atoms with Crippen LogP contribution in [0.2, 0.25) is 0 Å². The second-order valence-corrected chi connectivity index (χ2v) is 5.96. The summed E-state index contributed by atoms with van der Waals surface area (Å²) in [7, 11) is 5.89. The van der Waals surface area contributed by atoms with Crippen molar-refractivity contribution in [3.8, 4) is 0 Å². The third-order valence-corrected chi connectivity index (χ3v) is 3.96. The van der Waals surface area contributed by atoms with Crippen LogP contribution in [0.1, 0.15) is 23.8 Å². The van der Waals surface area contributed by atoms with Crippen molar-refractivity contribution in [1.29, 1.82) is 0 Å². The van der Waals surface area contributed by atoms with Gasteiger partial charge in [0.1, 0.15) is 5.76 Å². The van der Waals surface area contributed by atoms with Gasteiger partial charge in [0, 0.05) is 20.1 Å². The van der Waals surface area contributed by atoms with Crippen molar-refractivity contribution in [1.82, 2.24) is 15.5 Å². The number of nitrogens with one attached hydrogen (secondary N) is 2. The average molecular weight is 456 g/mol. The lowest BCUT2D eigenvalue weighted by atomic mass is 10.1. The van der Waals surface area contributed by atoms with Crippen molar-refractivity contribution in [2.75, 3.05) is 34.2 Å². The van der Waals surface area contributed by atoms with E-state index in [-0.39, 0.29) is 30.0 Å². The van der Waals surface area contributed by atoms with Crippen LogP contribution in [0.15, 0.2) is 58.1 Å². The van der Waals surface area contributed by atoms with Gasteiger partial charge in [-0.3, -0.25) is 9.89 Å². The Morgan fingerprint density at radius 1 is 1.12 bits per heavy atom. The Bertz CT molecular complexity index is 599. The largest absolute Gasteiger partial charge is 0.468 e. The maximum absolute atomic E-state index is 5.53. The Balaban J connectivity index is 0.00000312. The van der Waals surface area contributed by atoms with Crippen molar-refractivity contribution in [2.24, 2.45) is 4.99 Å². The first kappa shape index (κ1) is 21.5. The van der Waals surface area contributed by atoms with E-state index in [0.29, 0.717) is 0 Å². The number of benzene rings is 1. The van der Waals surface area contributed by atoms with E-state index in [4.69, 9.17) is 4.42 Å². The van der Waals surface area contributed by atoms with Gasteiger partial charge in [-0.2, -0.15) is 0 Å². The minimum atomic E-state index is 0. The maximum atomic E-state index is 5.53. The molecule has 0 fully saturated rings. The van der Waals surface area contributed by atoms with Crippen molar-refractivity contribution < 1.29 is 4.42 Å². The van der Waals surface area contributed by atoms with Gasteiger partial charge in [0.15, 0.2) is 5.96 Å². The molecule has 1 atom stereocenters. The molecule has 2 N–H and O–H groups in total. The topological polar surface area (TPSA) is 52.8 Å². The number of rotatable bonds is 8. The van der Waals surface area contributed by atoms with Crippen LogP contribution in [0.25, 0.3) is 0 Å². The van der Waals surface area contributed by atoms with E-state index >= 15 is 0 Å². The lowest BCUT2D eigenvalue weighted by Gasteiger charge is -2.23. The van der Waals surface area contributed by atoms with Crippen LogP contribution in [-0.2, 0) is 6.42 Å². The lowest BCUT2D eigenvalue weighted by molar-refractivity contribution is 0.258. The van der Waals surface area contributed by atoms with Gasteiger partial charge in [-0.15, -0.1) is 24.0 Å². The number of nitrogens with zero attached hydrogens (tertiary/aromatic N) is 2. The van der Waals surface area contributed by atoms with Crippen molar-refractivity contribution in [2.45, 2.75) is 18.9 Å². The molecule has 0 saturated carbocycles. The van der Waals surface area contributed by atoms with Crippen LogP contribution in [0.3, 0.4) is 0 Å². The van der Waals surface area contributed by atoms with Gasteiger partial charge in [-0.1, -0.05) is 30.3 Å². The minimum Gasteiger partial charge on any atom is -0.468 e. The Morgan fingerprint density at radius 3 is 2.48 bits per heavy atom. The van der Waals surface area contributed by atoms with E-state index in [0.717, 1.165) is 37.7 Å². The number of halogens is 1. The fourth-order valence-electron chi connectivity index (χ4n) is 2.58. The first-order valence-corrected chi connectivity index (χ1v) is 8.39. The Hall–Kier alpha value is -1.54. The van der Waals surface area contributed by atoms with E-state index in [1.54, 1.807) is 13.3 Å². The maximum Gasteiger partial charge on any atom is 0.191 e. The van der Waals surface area contributed by atoms with E-state index < -0.39 is 0 Å². The zero-order valence-corrected chi connectivity index (χ0v) is 17.6. The Kier molecular flexibility index (Phi) is 10.3. The molecule has 1 unspecified atom stereocenters. The standard InChI is InChI=1S/C19H28N4O.HI/c1-20-19(21-13-7-11-16-9-5-4-6-10-16)22-15-17(23(2)3)18-12-8-14-24-18;/h4-6,8-10,12,14,17H,7,11,13,15H2,1-3H3,(H2,20,21,22);1H. The van der Waals surface area contributed by atoms with Crippen LogP contribution in [-0.4, -0.2) is 45.1 Å². The monoisotopic (exact) mass is 456 g/mol. The minimum absolute atomic E-state index is 0. The predicted octanol–water partition coefficient (Wildman–Crippen LogP) is 3.30. The molecule has 0 saturated heterocycles. The molecule has 25 heavy (non-hydrogen) atoms. The van der Waals surface area contributed by atoms with E-state index in [1.807, 2.05) is 32.3 Å². The number of hydrogen-bond donors (Lipinski definition) is 2. The highest BCUT2D eigenvalue weighted by atomic mass is 127. The summed E-state index contributed by atoms with van der Waals surface area (Å²) in [5.74, 6) is 1.77. The molecule has 0 radical (unpaired) electrons. The van der Waals surface area contributed by atoms with Gasteiger partial charge in [0.25, 0.3) is 0 Å². The van der Waals surface area contributed by atoms with Gasteiger partial charge in [0.2, 0.25) is 0 Å². The van der Waals surface area contributed by atoms with E-state index in [9.17, 15) is 0 Å². The van der Waals surface area contributed by atoms with Crippen LogP contribution in [0.4, 0.5) is 0 Å². The molecular weight excluding hydrogens is 427 g/mol. The molecule has 5 nitrogen and oxygen atoms in total. The molecule has 1 heterocycles. The quantitative estimate of drug-likeness (QED) is 0.277. The number of aliphatic imine (C=N–C) groups is 1. The third kappa shape index (κ3) is 7.48. The summed E-state index contributed by atoms with van der Waals surface area (Å²) in [6, 6.07) is 14.6. The van der Waals surface area contributed by atoms with E-state index in [1.165, 1.54) is 5.56 Å². The molecule has 0 spiro atoms. The summed E-state index contributed by atoms with van der Waals surface area (Å²) in [6.07, 6.45) is 3.85. The zero-order chi connectivity index (χ0) is 17.2. The SMILES string of the molecule is CN=C(NCCCc1ccccc1)NCC(c1ccco1)N(C)C.I. The normalized spacial score (nSPS) is 12.6. The number of likely N-dealkylation sites (N-methyl/N-ethyl adjacent to an activating group) is 1. The van der Waals surface area contributed by atoms with Crippen LogP contribution < -0.4 is 10.6 Å². The van der Waals surface area contributed by atoms with Crippen molar-refractivity contribution in [3.05, 3.63) is 60.1 Å². The number of guanidine groups is 1. The zero-order valence-electron chi connectivity index (χ0n) is 15.2. The smallest absolute Gasteiger partial charge is 0.191 e. The highest BCUT2D eigenvalue weighted by molar-refractivity contribution is 14.0. The molecule has 138 valence electrons. The van der Waals surface area contributed by atoms with Crippen LogP contribution in [0, 0.1) is 0 Å². The lowest BCUT2D eigenvalue weighted by Crippen LogP contribution is -2.42. The summed E-state index contributed by atoms with van der Waals surface area (Å²) in [5.41, 5.74) is 1.37. The third-order valence-electron chi connectivity index (χ3n) is 3.96. The molecule has 6 heteroatoms. The molecular formula is C19H29IN4O. The van der Waals surface area contributed by atoms with E-state index in [2.05, 4.69) is 44.8 Å². The second-order valence-electron chi connectivity index (χ2n) is 5.96. The Labute approximate surface area is 167 Å². The summed E-state index contributed by atoms with van der Waals surface area (Å²) in [4.78, 5) is 6.42. The van der Waals surface area contributed by atoms with Crippen LogP contribution >= 0.6 is 24.0 Å². The van der Waals surface area contributed by atoms with Gasteiger partial charge < -0.3 is 15.1 Å². The van der Waals surface area contributed by atoms with Crippen LogP contribution in [0.5, 0.6) is 0 Å². The molecule has 0 aliphatic heterocycles. The van der Waals surface area contributed by atoms with Gasteiger partial charge in [-0.25, -0.2) is 0 Å². The molecule has 0 aliphatic rings. The highest BCUT2D eigenvalue weighted by Gasteiger charge is 2.17. The molecule has 0 amide bonds. The van der Waals surface area contributed by atoms with Crippen molar-refractivity contribution in [3.63, 3.8) is 0 Å². The van der Waals surface area contributed by atoms with Gasteiger partial charge >= 0.3 is 0 Å². The highest BCUT2D eigenvalue weighted by Crippen LogP contribution is 2.17. The number of furan rings is 1. The predicted molar refractivity (Wildman–Crippen MR) is 115 cm³/mol.